The molecular formula is C11H13NO3. The summed E-state index contributed by atoms with van der Waals surface area (Å²) in [6.07, 6.45) is 4.18. The van der Waals surface area contributed by atoms with E-state index in [0.29, 0.717) is 5.69 Å². The topological polar surface area (TPSA) is 59.4 Å². The molecule has 1 heterocycles. The highest BCUT2D eigenvalue weighted by Crippen LogP contribution is 2.24. The lowest BCUT2D eigenvalue weighted by Gasteiger charge is -2.09. The minimum atomic E-state index is -0.990. The number of hydrogen-bond donors (Lipinski definition) is 1. The van der Waals surface area contributed by atoms with E-state index in [1.54, 1.807) is 13.3 Å². The van der Waals surface area contributed by atoms with Crippen LogP contribution >= 0.6 is 0 Å². The summed E-state index contributed by atoms with van der Waals surface area (Å²) < 4.78 is 5.20. The standard InChI is InChI=1S/C11H13NO3/c1-7-6-12-9(4-5-10(13)14)8(2)11(7)15-3/h4-6H,1-3H3,(H,13,14)/b5-4+. The molecular weight excluding hydrogens is 194 g/mol. The summed E-state index contributed by atoms with van der Waals surface area (Å²) in [7, 11) is 1.58. The van der Waals surface area contributed by atoms with Crippen LogP contribution in [0.5, 0.6) is 5.75 Å². The Balaban J connectivity index is 3.16. The highest BCUT2D eigenvalue weighted by atomic mass is 16.5. The van der Waals surface area contributed by atoms with Crippen molar-refractivity contribution in [2.24, 2.45) is 0 Å². The van der Waals surface area contributed by atoms with E-state index in [4.69, 9.17) is 9.84 Å². The number of pyridine rings is 1. The van der Waals surface area contributed by atoms with Gasteiger partial charge in [0.2, 0.25) is 0 Å². The van der Waals surface area contributed by atoms with E-state index in [1.807, 2.05) is 13.8 Å². The van der Waals surface area contributed by atoms with Gasteiger partial charge in [0, 0.05) is 23.4 Å². The average molecular weight is 207 g/mol. The number of rotatable bonds is 3. The summed E-state index contributed by atoms with van der Waals surface area (Å²) in [5, 5.41) is 8.50. The van der Waals surface area contributed by atoms with Crippen molar-refractivity contribution in [3.63, 3.8) is 0 Å². The lowest BCUT2D eigenvalue weighted by Crippen LogP contribution is -1.96. The van der Waals surface area contributed by atoms with Crippen LogP contribution < -0.4 is 4.74 Å². The molecule has 0 bridgehead atoms. The SMILES string of the molecule is COc1c(C)cnc(/C=C/C(=O)O)c1C. The van der Waals surface area contributed by atoms with E-state index < -0.39 is 5.97 Å². The third kappa shape index (κ3) is 2.56. The summed E-state index contributed by atoms with van der Waals surface area (Å²) in [6.45, 7) is 3.74. The van der Waals surface area contributed by atoms with Gasteiger partial charge in [-0.1, -0.05) is 0 Å². The van der Waals surface area contributed by atoms with Gasteiger partial charge in [-0.2, -0.15) is 0 Å². The van der Waals surface area contributed by atoms with Gasteiger partial charge >= 0.3 is 5.97 Å². The Morgan fingerprint density at radius 1 is 1.53 bits per heavy atom. The minimum absolute atomic E-state index is 0.611. The third-order valence-corrected chi connectivity index (χ3v) is 2.07. The maximum atomic E-state index is 10.4. The van der Waals surface area contributed by atoms with E-state index in [0.717, 1.165) is 23.0 Å². The van der Waals surface area contributed by atoms with E-state index >= 15 is 0 Å². The molecule has 0 spiro atoms. The largest absolute Gasteiger partial charge is 0.496 e. The number of aryl methyl sites for hydroxylation is 1. The molecule has 0 aliphatic heterocycles. The van der Waals surface area contributed by atoms with Gasteiger partial charge < -0.3 is 9.84 Å². The molecule has 0 saturated heterocycles. The van der Waals surface area contributed by atoms with Crippen molar-refractivity contribution in [2.45, 2.75) is 13.8 Å². The second kappa shape index (κ2) is 4.59. The van der Waals surface area contributed by atoms with E-state index in [1.165, 1.54) is 6.08 Å². The van der Waals surface area contributed by atoms with Gasteiger partial charge in [-0.05, 0) is 19.9 Å². The van der Waals surface area contributed by atoms with Gasteiger partial charge in [-0.3, -0.25) is 4.98 Å². The second-order valence-electron chi connectivity index (χ2n) is 3.16. The second-order valence-corrected chi connectivity index (χ2v) is 3.16. The van der Waals surface area contributed by atoms with E-state index in [2.05, 4.69) is 4.98 Å². The number of methoxy groups -OCH3 is 1. The fourth-order valence-corrected chi connectivity index (χ4v) is 1.37. The molecule has 0 saturated carbocycles. The van der Waals surface area contributed by atoms with Crippen molar-refractivity contribution in [1.29, 1.82) is 0 Å². The van der Waals surface area contributed by atoms with Gasteiger partial charge in [0.15, 0.2) is 0 Å². The Morgan fingerprint density at radius 2 is 2.20 bits per heavy atom. The number of carboxylic acid groups (broad SMARTS) is 1. The van der Waals surface area contributed by atoms with Crippen LogP contribution in [0.1, 0.15) is 16.8 Å². The van der Waals surface area contributed by atoms with Crippen molar-refractivity contribution in [3.05, 3.63) is 29.1 Å². The number of ether oxygens (including phenoxy) is 1. The first-order valence-corrected chi connectivity index (χ1v) is 4.47. The zero-order valence-electron chi connectivity index (χ0n) is 8.94. The third-order valence-electron chi connectivity index (χ3n) is 2.07. The molecule has 0 radical (unpaired) electrons. The molecule has 1 aromatic rings. The molecule has 4 nitrogen and oxygen atoms in total. The lowest BCUT2D eigenvalue weighted by molar-refractivity contribution is -0.131. The van der Waals surface area contributed by atoms with Crippen molar-refractivity contribution < 1.29 is 14.6 Å². The molecule has 0 aliphatic carbocycles. The summed E-state index contributed by atoms with van der Waals surface area (Å²) in [4.78, 5) is 14.5. The fraction of sp³-hybridized carbons (Fsp3) is 0.273. The van der Waals surface area contributed by atoms with Gasteiger partial charge in [0.05, 0.1) is 12.8 Å². The minimum Gasteiger partial charge on any atom is -0.496 e. The number of carboxylic acids is 1. The maximum Gasteiger partial charge on any atom is 0.328 e. The molecule has 1 rings (SSSR count). The molecule has 15 heavy (non-hydrogen) atoms. The number of aliphatic carboxylic acids is 1. The molecule has 0 aliphatic rings. The number of aromatic nitrogens is 1. The zero-order valence-corrected chi connectivity index (χ0v) is 8.94. The van der Waals surface area contributed by atoms with Gasteiger partial charge in [0.25, 0.3) is 0 Å². The van der Waals surface area contributed by atoms with Crippen LogP contribution in [0.2, 0.25) is 0 Å². The molecule has 0 amide bonds. The molecule has 0 fully saturated rings. The number of hydrogen-bond acceptors (Lipinski definition) is 3. The fourth-order valence-electron chi connectivity index (χ4n) is 1.37. The summed E-state index contributed by atoms with van der Waals surface area (Å²) in [5.41, 5.74) is 2.39. The molecule has 0 aromatic carbocycles. The van der Waals surface area contributed by atoms with Crippen molar-refractivity contribution in [2.75, 3.05) is 7.11 Å². The highest BCUT2D eigenvalue weighted by Gasteiger charge is 2.07. The predicted octanol–water partition coefficient (Wildman–Crippen LogP) is 1.80. The van der Waals surface area contributed by atoms with Crippen LogP contribution in [-0.2, 0) is 4.79 Å². The Kier molecular flexibility index (Phi) is 3.44. The molecule has 0 atom stereocenters. The first kappa shape index (κ1) is 11.2. The molecule has 1 N–H and O–H groups in total. The zero-order chi connectivity index (χ0) is 11.4. The van der Waals surface area contributed by atoms with Gasteiger partial charge in [-0.25, -0.2) is 4.79 Å². The summed E-state index contributed by atoms with van der Waals surface area (Å²) in [6, 6.07) is 0. The summed E-state index contributed by atoms with van der Waals surface area (Å²) in [5.74, 6) is -0.245. The molecule has 0 unspecified atom stereocenters. The normalized spacial score (nSPS) is 10.6. The van der Waals surface area contributed by atoms with Crippen LogP contribution in [-0.4, -0.2) is 23.2 Å². The smallest absolute Gasteiger partial charge is 0.328 e. The van der Waals surface area contributed by atoms with Crippen molar-refractivity contribution >= 4 is 12.0 Å². The molecule has 1 aromatic heterocycles. The highest BCUT2D eigenvalue weighted by molar-refractivity contribution is 5.85. The summed E-state index contributed by atoms with van der Waals surface area (Å²) >= 11 is 0. The van der Waals surface area contributed by atoms with Crippen molar-refractivity contribution in [3.8, 4) is 5.75 Å². The lowest BCUT2D eigenvalue weighted by atomic mass is 10.1. The monoisotopic (exact) mass is 207 g/mol. The number of carbonyl (C=O) groups is 1. The Labute approximate surface area is 88.2 Å². The van der Waals surface area contributed by atoms with E-state index in [-0.39, 0.29) is 0 Å². The first-order valence-electron chi connectivity index (χ1n) is 4.47. The van der Waals surface area contributed by atoms with Crippen LogP contribution in [0, 0.1) is 13.8 Å². The molecule has 80 valence electrons. The Hall–Kier alpha value is -1.84. The Bertz CT molecular complexity index is 411. The Morgan fingerprint density at radius 3 is 2.73 bits per heavy atom. The van der Waals surface area contributed by atoms with Gasteiger partial charge in [-0.15, -0.1) is 0 Å². The maximum absolute atomic E-state index is 10.4. The van der Waals surface area contributed by atoms with Gasteiger partial charge in [0.1, 0.15) is 5.75 Å². The van der Waals surface area contributed by atoms with Crippen molar-refractivity contribution in [1.82, 2.24) is 4.98 Å². The van der Waals surface area contributed by atoms with E-state index in [9.17, 15) is 4.79 Å². The van der Waals surface area contributed by atoms with Crippen LogP contribution in [0.4, 0.5) is 0 Å². The number of nitrogens with zero attached hydrogens (tertiary/aromatic N) is 1. The van der Waals surface area contributed by atoms with Crippen LogP contribution in [0.15, 0.2) is 12.3 Å². The predicted molar refractivity (Wildman–Crippen MR) is 56.9 cm³/mol. The van der Waals surface area contributed by atoms with Crippen LogP contribution in [0.3, 0.4) is 0 Å². The first-order chi connectivity index (χ1) is 7.06. The quantitative estimate of drug-likeness (QED) is 0.768. The van der Waals surface area contributed by atoms with Crippen LogP contribution in [0.25, 0.3) is 6.08 Å². The molecule has 4 heteroatoms. The average Bonchev–Trinajstić information content (AvgIpc) is 2.17.